The van der Waals surface area contributed by atoms with E-state index in [-0.39, 0.29) is 12.1 Å². The number of carbonyl (C=O) groups is 1. The summed E-state index contributed by atoms with van der Waals surface area (Å²) in [6.07, 6.45) is 5.19. The lowest BCUT2D eigenvalue weighted by Gasteiger charge is -2.32. The summed E-state index contributed by atoms with van der Waals surface area (Å²) in [5.41, 5.74) is 10.0. The predicted octanol–water partition coefficient (Wildman–Crippen LogP) is 2.48. The molecule has 4 heterocycles. The second kappa shape index (κ2) is 8.96. The van der Waals surface area contributed by atoms with Crippen LogP contribution in [-0.4, -0.2) is 71.3 Å². The summed E-state index contributed by atoms with van der Waals surface area (Å²) < 4.78 is 5.45. The minimum atomic E-state index is -0.386. The molecule has 9 nitrogen and oxygen atoms in total. The van der Waals surface area contributed by atoms with Gasteiger partial charge in [-0.3, -0.25) is 4.98 Å². The van der Waals surface area contributed by atoms with Crippen molar-refractivity contribution in [2.45, 2.75) is 18.9 Å². The molecule has 2 aromatic heterocycles. The van der Waals surface area contributed by atoms with Crippen LogP contribution in [0.4, 0.5) is 16.3 Å². The van der Waals surface area contributed by atoms with Crippen molar-refractivity contribution in [3.8, 4) is 11.3 Å². The summed E-state index contributed by atoms with van der Waals surface area (Å²) in [6.45, 7) is 4.57. The monoisotopic (exact) mass is 433 g/mol. The van der Waals surface area contributed by atoms with Crippen molar-refractivity contribution in [2.24, 2.45) is 5.73 Å². The zero-order valence-electron chi connectivity index (χ0n) is 17.9. The van der Waals surface area contributed by atoms with Crippen LogP contribution in [0.25, 0.3) is 22.3 Å². The lowest BCUT2D eigenvalue weighted by Crippen LogP contribution is -2.47. The molecule has 2 fully saturated rings. The van der Waals surface area contributed by atoms with Crippen LogP contribution in [0.15, 0.2) is 42.7 Å². The summed E-state index contributed by atoms with van der Waals surface area (Å²) in [5.74, 6) is 0.680. The number of nitrogens with zero attached hydrogens (tertiary/aromatic N) is 5. The van der Waals surface area contributed by atoms with E-state index in [2.05, 4.69) is 44.5 Å². The lowest BCUT2D eigenvalue weighted by atomic mass is 10.1. The van der Waals surface area contributed by atoms with Gasteiger partial charge in [0.1, 0.15) is 5.52 Å². The standard InChI is InChI=1S/C23H27N7O2/c24-23(31)30-9-1-2-17(15-30)27-22-21-20(25-7-8-26-21)14-19(28-22)16-3-5-18(6-4-16)29-10-12-32-13-11-29/h3-8,14,17H,1-2,9-13,15H2,(H2,24,31)(H,27,28)/t17-/m1/s1. The minimum Gasteiger partial charge on any atom is -0.378 e. The van der Waals surface area contributed by atoms with Crippen molar-refractivity contribution < 1.29 is 9.53 Å². The van der Waals surface area contributed by atoms with E-state index in [1.807, 2.05) is 6.07 Å². The molecule has 5 rings (SSSR count). The van der Waals surface area contributed by atoms with Crippen molar-refractivity contribution in [3.05, 3.63) is 42.7 Å². The first-order valence-electron chi connectivity index (χ1n) is 11.0. The van der Waals surface area contributed by atoms with E-state index in [1.165, 1.54) is 5.69 Å². The van der Waals surface area contributed by atoms with E-state index in [0.717, 1.165) is 61.4 Å². The van der Waals surface area contributed by atoms with Gasteiger partial charge in [0.2, 0.25) is 0 Å². The molecule has 0 aliphatic carbocycles. The van der Waals surface area contributed by atoms with E-state index in [0.29, 0.717) is 18.9 Å². The lowest BCUT2D eigenvalue weighted by molar-refractivity contribution is 0.122. The minimum absolute atomic E-state index is 0.0629. The van der Waals surface area contributed by atoms with Crippen LogP contribution >= 0.6 is 0 Å². The number of aromatic nitrogens is 3. The Morgan fingerprint density at radius 1 is 1.09 bits per heavy atom. The maximum absolute atomic E-state index is 11.6. The number of likely N-dealkylation sites (tertiary alicyclic amines) is 1. The average molecular weight is 434 g/mol. The van der Waals surface area contributed by atoms with Crippen LogP contribution in [0.3, 0.4) is 0 Å². The Balaban J connectivity index is 1.43. The van der Waals surface area contributed by atoms with Gasteiger partial charge in [-0.05, 0) is 31.0 Å². The molecule has 1 aromatic carbocycles. The van der Waals surface area contributed by atoms with Gasteiger partial charge in [-0.2, -0.15) is 0 Å². The third-order valence-corrected chi connectivity index (χ3v) is 6.07. The number of rotatable bonds is 4. The van der Waals surface area contributed by atoms with Gasteiger partial charge >= 0.3 is 6.03 Å². The molecule has 9 heteroatoms. The molecule has 0 unspecified atom stereocenters. The molecule has 2 amide bonds. The van der Waals surface area contributed by atoms with E-state index in [9.17, 15) is 4.79 Å². The molecular weight excluding hydrogens is 406 g/mol. The summed E-state index contributed by atoms with van der Waals surface area (Å²) >= 11 is 0. The quantitative estimate of drug-likeness (QED) is 0.650. The fourth-order valence-corrected chi connectivity index (χ4v) is 4.37. The number of hydrogen-bond donors (Lipinski definition) is 2. The number of nitrogens with one attached hydrogen (secondary N) is 1. The summed E-state index contributed by atoms with van der Waals surface area (Å²) in [5, 5.41) is 3.50. The highest BCUT2D eigenvalue weighted by molar-refractivity contribution is 5.88. The second-order valence-corrected chi connectivity index (χ2v) is 8.19. The average Bonchev–Trinajstić information content (AvgIpc) is 2.85. The highest BCUT2D eigenvalue weighted by atomic mass is 16.5. The summed E-state index contributed by atoms with van der Waals surface area (Å²) in [4.78, 5) is 29.5. The molecule has 2 aliphatic heterocycles. The smallest absolute Gasteiger partial charge is 0.314 e. The third-order valence-electron chi connectivity index (χ3n) is 6.07. The highest BCUT2D eigenvalue weighted by Gasteiger charge is 2.23. The maximum atomic E-state index is 11.6. The molecule has 166 valence electrons. The zero-order chi connectivity index (χ0) is 21.9. The van der Waals surface area contributed by atoms with E-state index < -0.39 is 0 Å². The molecule has 3 aromatic rings. The van der Waals surface area contributed by atoms with Gasteiger partial charge in [0.15, 0.2) is 5.82 Å². The van der Waals surface area contributed by atoms with Gasteiger partial charge in [-0.25, -0.2) is 14.8 Å². The number of ether oxygens (including phenoxy) is 1. The Labute approximate surface area is 186 Å². The molecule has 1 atom stereocenters. The molecule has 0 bridgehead atoms. The Morgan fingerprint density at radius 3 is 2.66 bits per heavy atom. The topological polar surface area (TPSA) is 110 Å². The molecular formula is C23H27N7O2. The number of fused-ring (bicyclic) bond motifs is 1. The first-order valence-corrected chi connectivity index (χ1v) is 11.0. The fraction of sp³-hybridized carbons (Fsp3) is 0.391. The zero-order valence-corrected chi connectivity index (χ0v) is 17.9. The van der Waals surface area contributed by atoms with E-state index in [4.69, 9.17) is 15.5 Å². The fourth-order valence-electron chi connectivity index (χ4n) is 4.37. The largest absolute Gasteiger partial charge is 0.378 e. The number of urea groups is 1. The van der Waals surface area contributed by atoms with Crippen LogP contribution in [-0.2, 0) is 4.74 Å². The molecule has 3 N–H and O–H groups in total. The van der Waals surface area contributed by atoms with Crippen molar-refractivity contribution in [3.63, 3.8) is 0 Å². The van der Waals surface area contributed by atoms with E-state index >= 15 is 0 Å². The van der Waals surface area contributed by atoms with Crippen molar-refractivity contribution in [2.75, 3.05) is 49.6 Å². The van der Waals surface area contributed by atoms with Crippen LogP contribution in [0, 0.1) is 0 Å². The van der Waals surface area contributed by atoms with Gasteiger partial charge in [-0.1, -0.05) is 12.1 Å². The molecule has 0 radical (unpaired) electrons. The Kier molecular flexibility index (Phi) is 5.72. The van der Waals surface area contributed by atoms with Gasteiger partial charge in [0.05, 0.1) is 24.4 Å². The van der Waals surface area contributed by atoms with Crippen LogP contribution in [0.5, 0.6) is 0 Å². The molecule has 0 spiro atoms. The SMILES string of the molecule is NC(=O)N1CCC[C@@H](Nc2nc(-c3ccc(N4CCOCC4)cc3)cc3nccnc23)C1. The normalized spacial score (nSPS) is 19.2. The number of piperidine rings is 1. The number of primary amides is 1. The summed E-state index contributed by atoms with van der Waals surface area (Å²) in [7, 11) is 0. The second-order valence-electron chi connectivity index (χ2n) is 8.19. The Hall–Kier alpha value is -3.46. The Morgan fingerprint density at radius 2 is 1.88 bits per heavy atom. The van der Waals surface area contributed by atoms with E-state index in [1.54, 1.807) is 17.3 Å². The van der Waals surface area contributed by atoms with Gasteiger partial charge in [0, 0.05) is 55.9 Å². The molecule has 2 aliphatic rings. The van der Waals surface area contributed by atoms with Gasteiger partial charge < -0.3 is 25.6 Å². The van der Waals surface area contributed by atoms with Crippen molar-refractivity contribution in [1.29, 1.82) is 0 Å². The first-order chi connectivity index (χ1) is 15.7. The van der Waals surface area contributed by atoms with Gasteiger partial charge in [0.25, 0.3) is 0 Å². The van der Waals surface area contributed by atoms with Crippen LogP contribution in [0.2, 0.25) is 0 Å². The first kappa shape index (κ1) is 20.4. The number of hydrogen-bond acceptors (Lipinski definition) is 7. The number of morpholine rings is 1. The molecule has 32 heavy (non-hydrogen) atoms. The number of anilines is 2. The number of pyridine rings is 1. The maximum Gasteiger partial charge on any atom is 0.314 e. The number of nitrogens with two attached hydrogens (primary N) is 1. The van der Waals surface area contributed by atoms with Crippen LogP contribution in [0.1, 0.15) is 12.8 Å². The van der Waals surface area contributed by atoms with Gasteiger partial charge in [-0.15, -0.1) is 0 Å². The van der Waals surface area contributed by atoms with Crippen LogP contribution < -0.4 is 16.0 Å². The Bertz CT molecular complexity index is 1100. The highest BCUT2D eigenvalue weighted by Crippen LogP contribution is 2.28. The predicted molar refractivity (Wildman–Crippen MR) is 124 cm³/mol. The number of carbonyl (C=O) groups excluding carboxylic acids is 1. The summed E-state index contributed by atoms with van der Waals surface area (Å²) in [6, 6.07) is 10.1. The number of amides is 2. The van der Waals surface area contributed by atoms with Crippen molar-refractivity contribution in [1.82, 2.24) is 19.9 Å². The molecule has 2 saturated heterocycles. The third kappa shape index (κ3) is 4.29. The van der Waals surface area contributed by atoms with Crippen molar-refractivity contribution >= 4 is 28.6 Å². The number of benzene rings is 1. The molecule has 0 saturated carbocycles.